The number of hydrogen-bond acceptors (Lipinski definition) is 11. The summed E-state index contributed by atoms with van der Waals surface area (Å²) in [5.74, 6) is -1.52. The molecule has 4 heterocycles. The van der Waals surface area contributed by atoms with Gasteiger partial charge in [0.25, 0.3) is 23.6 Å². The predicted molar refractivity (Wildman–Crippen MR) is 301 cm³/mol. The van der Waals surface area contributed by atoms with Crippen molar-refractivity contribution in [1.82, 2.24) is 30.4 Å². The summed E-state index contributed by atoms with van der Waals surface area (Å²) in [5, 5.41) is 15.8. The Bertz CT molecular complexity index is 3100. The van der Waals surface area contributed by atoms with E-state index in [1.54, 1.807) is 53.3 Å². The first-order valence-corrected chi connectivity index (χ1v) is 27.1. The minimum Gasteiger partial charge on any atom is -0.444 e. The molecule has 2 aliphatic heterocycles. The Hall–Kier alpha value is -7.44. The Balaban J connectivity index is 0.000000224. The van der Waals surface area contributed by atoms with Crippen molar-refractivity contribution in [2.75, 3.05) is 43.9 Å². The molecular formula is C59H69BrN8O9. The molecule has 4 aromatic carbocycles. The Morgan fingerprint density at radius 3 is 1.38 bits per heavy atom. The lowest BCUT2D eigenvalue weighted by molar-refractivity contribution is 0.00898. The van der Waals surface area contributed by atoms with E-state index in [2.05, 4.69) is 47.2 Å². The SMILES string of the molecule is CC(C)(C)OC(=O)N1CCCCC1CNC(=O)c1ncccc1NC(=O)c1ccc(CBr)c2ccccc12.COCc1ccc(C(=O)Nc2cccnc2C(=O)NCC2CCCCN2C(=O)OC(C)(C)C)c2ccccc12. The summed E-state index contributed by atoms with van der Waals surface area (Å²) in [7, 11) is 1.63. The average Bonchev–Trinajstić information content (AvgIpc) is 3.41. The van der Waals surface area contributed by atoms with Crippen molar-refractivity contribution in [3.05, 3.63) is 143 Å². The third-order valence-corrected chi connectivity index (χ3v) is 13.6. The smallest absolute Gasteiger partial charge is 0.410 e. The van der Waals surface area contributed by atoms with Gasteiger partial charge in [-0.15, -0.1) is 0 Å². The van der Waals surface area contributed by atoms with Crippen LogP contribution in [0.15, 0.2) is 109 Å². The third kappa shape index (κ3) is 15.2. The number of pyridine rings is 2. The summed E-state index contributed by atoms with van der Waals surface area (Å²) in [6.07, 6.45) is 7.50. The highest BCUT2D eigenvalue weighted by Gasteiger charge is 2.33. The molecule has 2 fully saturated rings. The number of likely N-dealkylation sites (tertiary alicyclic amines) is 2. The van der Waals surface area contributed by atoms with E-state index < -0.39 is 23.0 Å². The molecule has 77 heavy (non-hydrogen) atoms. The number of piperidine rings is 2. The maximum atomic E-state index is 13.3. The van der Waals surface area contributed by atoms with Gasteiger partial charge >= 0.3 is 12.2 Å². The maximum absolute atomic E-state index is 13.3. The number of benzene rings is 4. The second kappa shape index (κ2) is 26.1. The van der Waals surface area contributed by atoms with Gasteiger partial charge in [0, 0.05) is 62.1 Å². The van der Waals surface area contributed by atoms with Crippen molar-refractivity contribution in [2.24, 2.45) is 0 Å². The van der Waals surface area contributed by atoms with Crippen LogP contribution in [0.2, 0.25) is 0 Å². The summed E-state index contributed by atoms with van der Waals surface area (Å²) in [4.78, 5) is 90.3. The molecule has 8 rings (SSSR count). The fraction of sp³-hybridized carbons (Fsp3) is 0.390. The topological polar surface area (TPSA) is 210 Å². The second-order valence-electron chi connectivity index (χ2n) is 21.0. The van der Waals surface area contributed by atoms with E-state index in [4.69, 9.17) is 14.2 Å². The van der Waals surface area contributed by atoms with Crippen molar-refractivity contribution < 1.29 is 43.0 Å². The molecule has 18 heteroatoms. The van der Waals surface area contributed by atoms with Gasteiger partial charge < -0.3 is 45.3 Å². The summed E-state index contributed by atoms with van der Waals surface area (Å²) in [5.41, 5.74) is 2.70. The number of carbonyl (C=O) groups is 6. The second-order valence-corrected chi connectivity index (χ2v) is 21.5. The molecule has 17 nitrogen and oxygen atoms in total. The normalized spacial score (nSPS) is 15.6. The molecule has 2 atom stereocenters. The molecular weight excluding hydrogens is 1040 g/mol. The number of nitrogens with zero attached hydrogens (tertiary/aromatic N) is 4. The average molecular weight is 1110 g/mol. The zero-order valence-electron chi connectivity index (χ0n) is 44.9. The Kier molecular flexibility index (Phi) is 19.4. The number of hydrogen-bond donors (Lipinski definition) is 4. The van der Waals surface area contributed by atoms with Crippen LogP contribution in [0.3, 0.4) is 0 Å². The molecule has 4 N–H and O–H groups in total. The number of ether oxygens (including phenoxy) is 3. The number of methoxy groups -OCH3 is 1. The van der Waals surface area contributed by atoms with Gasteiger partial charge in [0.2, 0.25) is 0 Å². The van der Waals surface area contributed by atoms with Crippen LogP contribution in [0.25, 0.3) is 21.5 Å². The fourth-order valence-electron chi connectivity index (χ4n) is 9.41. The van der Waals surface area contributed by atoms with Gasteiger partial charge in [-0.2, -0.15) is 0 Å². The van der Waals surface area contributed by atoms with Crippen LogP contribution in [0.4, 0.5) is 21.0 Å². The number of anilines is 2. The molecule has 2 unspecified atom stereocenters. The van der Waals surface area contributed by atoms with Crippen molar-refractivity contribution in [3.8, 4) is 0 Å². The van der Waals surface area contributed by atoms with Gasteiger partial charge in [0.1, 0.15) is 11.2 Å². The van der Waals surface area contributed by atoms with Gasteiger partial charge in [-0.25, -0.2) is 19.6 Å². The van der Waals surface area contributed by atoms with E-state index in [0.29, 0.717) is 47.5 Å². The fourth-order valence-corrected chi connectivity index (χ4v) is 9.90. The van der Waals surface area contributed by atoms with Gasteiger partial charge in [0.05, 0.1) is 30.1 Å². The molecule has 6 amide bonds. The number of amides is 6. The molecule has 2 aliphatic rings. The first-order valence-electron chi connectivity index (χ1n) is 26.0. The van der Waals surface area contributed by atoms with Gasteiger partial charge in [0.15, 0.2) is 11.4 Å². The van der Waals surface area contributed by atoms with Crippen molar-refractivity contribution >= 4 is 84.7 Å². The first kappa shape index (κ1) is 57.3. The van der Waals surface area contributed by atoms with Gasteiger partial charge in [-0.3, -0.25) is 19.2 Å². The van der Waals surface area contributed by atoms with Crippen LogP contribution in [0.1, 0.15) is 133 Å². The zero-order valence-corrected chi connectivity index (χ0v) is 46.5. The molecule has 0 saturated carbocycles. The van der Waals surface area contributed by atoms with E-state index in [9.17, 15) is 28.8 Å². The lowest BCUT2D eigenvalue weighted by Crippen LogP contribution is -2.50. The molecule has 2 aromatic heterocycles. The van der Waals surface area contributed by atoms with Crippen LogP contribution in [-0.2, 0) is 26.1 Å². The number of aromatic nitrogens is 2. The van der Waals surface area contributed by atoms with Crippen molar-refractivity contribution in [1.29, 1.82) is 0 Å². The number of nitrogens with one attached hydrogen (secondary N) is 4. The quantitative estimate of drug-likeness (QED) is 0.0799. The van der Waals surface area contributed by atoms with Crippen LogP contribution < -0.4 is 21.3 Å². The third-order valence-electron chi connectivity index (χ3n) is 13.0. The van der Waals surface area contributed by atoms with E-state index in [1.165, 1.54) is 12.4 Å². The molecule has 6 aromatic rings. The highest BCUT2D eigenvalue weighted by Crippen LogP contribution is 2.28. The molecule has 0 bridgehead atoms. The monoisotopic (exact) mass is 1110 g/mol. The Labute approximate surface area is 458 Å². The van der Waals surface area contributed by atoms with Crippen LogP contribution in [-0.4, -0.2) is 112 Å². The lowest BCUT2D eigenvalue weighted by Gasteiger charge is -2.36. The number of rotatable bonds is 13. The van der Waals surface area contributed by atoms with E-state index in [0.717, 1.165) is 71.2 Å². The van der Waals surface area contributed by atoms with Crippen molar-refractivity contribution in [3.63, 3.8) is 0 Å². The summed E-state index contributed by atoms with van der Waals surface area (Å²) in [6, 6.07) is 29.0. The maximum Gasteiger partial charge on any atom is 0.410 e. The van der Waals surface area contributed by atoms with Crippen LogP contribution >= 0.6 is 15.9 Å². The standard InChI is InChI=1S/C30H36N4O5.C29H33BrN4O4/c1-30(2,3)39-29(37)34-17-8-7-10-21(34)18-32-28(36)26-25(13-9-16-31-26)33-27(35)24-15-14-20(19-38-4)22-11-5-6-12-23(22)24;1-29(2,3)38-28(37)34-16-7-6-9-20(34)18-32-27(36)25-24(12-8-15-31-25)33-26(35)23-14-13-19(17-30)21-10-4-5-11-22(21)23/h5-6,9,11-16,21H,7-8,10,17-19H2,1-4H3,(H,32,36)(H,33,35);4-5,8,10-15,20H,6-7,9,16-18H2,1-3H3,(H,32,36)(H,33,35). The molecule has 0 aliphatic carbocycles. The molecule has 0 radical (unpaired) electrons. The van der Waals surface area contributed by atoms with Crippen LogP contribution in [0.5, 0.6) is 0 Å². The van der Waals surface area contributed by atoms with E-state index >= 15 is 0 Å². The summed E-state index contributed by atoms with van der Waals surface area (Å²) in [6.45, 7) is 13.1. The highest BCUT2D eigenvalue weighted by atomic mass is 79.9. The number of carbonyl (C=O) groups excluding carboxylic acids is 6. The minimum absolute atomic E-state index is 0.103. The minimum atomic E-state index is -0.598. The molecule has 406 valence electrons. The largest absolute Gasteiger partial charge is 0.444 e. The Morgan fingerprint density at radius 2 is 0.961 bits per heavy atom. The number of alkyl halides is 1. The zero-order chi connectivity index (χ0) is 55.3. The van der Waals surface area contributed by atoms with E-state index in [1.807, 2.05) is 102 Å². The van der Waals surface area contributed by atoms with Gasteiger partial charge in [-0.05, 0) is 149 Å². The summed E-state index contributed by atoms with van der Waals surface area (Å²) >= 11 is 3.51. The van der Waals surface area contributed by atoms with Crippen LogP contribution in [0, 0.1) is 0 Å². The number of fused-ring (bicyclic) bond motifs is 2. The Morgan fingerprint density at radius 1 is 0.545 bits per heavy atom. The molecule has 0 spiro atoms. The summed E-state index contributed by atoms with van der Waals surface area (Å²) < 4.78 is 16.4. The molecule has 2 saturated heterocycles. The first-order chi connectivity index (χ1) is 36.8. The highest BCUT2D eigenvalue weighted by molar-refractivity contribution is 9.08. The van der Waals surface area contributed by atoms with Gasteiger partial charge in [-0.1, -0.05) is 76.6 Å². The van der Waals surface area contributed by atoms with Crippen molar-refractivity contribution in [2.45, 2.75) is 115 Å². The van der Waals surface area contributed by atoms with E-state index in [-0.39, 0.29) is 60.6 Å². The predicted octanol–water partition coefficient (Wildman–Crippen LogP) is 11.1. The number of halogens is 1. The lowest BCUT2D eigenvalue weighted by atomic mass is 9.99.